The average molecular weight is 361 g/mol. The van der Waals surface area contributed by atoms with Crippen LogP contribution in [0.3, 0.4) is 0 Å². The number of carbonyl (C=O) groups is 1. The molecular weight excluding hydrogens is 344 g/mol. The van der Waals surface area contributed by atoms with E-state index in [9.17, 15) is 31.1 Å². The first-order valence-electron chi connectivity index (χ1n) is 7.37. The molecule has 2 saturated heterocycles. The van der Waals surface area contributed by atoms with Crippen molar-refractivity contribution in [3.05, 3.63) is 12.2 Å². The van der Waals surface area contributed by atoms with Crippen LogP contribution in [0.25, 0.3) is 0 Å². The fourth-order valence-corrected chi connectivity index (χ4v) is 3.07. The Morgan fingerprint density at radius 2 is 1.71 bits per heavy atom. The molecule has 2 rings (SSSR count). The van der Waals surface area contributed by atoms with Crippen molar-refractivity contribution in [3.8, 4) is 0 Å². The van der Waals surface area contributed by atoms with Crippen LogP contribution >= 0.6 is 0 Å². The fourth-order valence-electron chi connectivity index (χ4n) is 3.07. The molecule has 0 aliphatic carbocycles. The summed E-state index contributed by atoms with van der Waals surface area (Å²) in [5, 5.41) is 0. The Morgan fingerprint density at radius 1 is 1.12 bits per heavy atom. The van der Waals surface area contributed by atoms with Crippen LogP contribution in [-0.4, -0.2) is 54.2 Å². The number of ether oxygens (including phenoxy) is 2. The Labute approximate surface area is 134 Å². The highest BCUT2D eigenvalue weighted by Gasteiger charge is 2.60. The van der Waals surface area contributed by atoms with Gasteiger partial charge in [-0.25, -0.2) is 0 Å². The van der Waals surface area contributed by atoms with Gasteiger partial charge >= 0.3 is 18.3 Å². The molecule has 4 nitrogen and oxygen atoms in total. The topological polar surface area (TPSA) is 38.8 Å². The number of amides is 1. The van der Waals surface area contributed by atoms with Crippen molar-refractivity contribution in [2.24, 2.45) is 0 Å². The van der Waals surface area contributed by atoms with Crippen molar-refractivity contribution < 1.29 is 40.6 Å². The van der Waals surface area contributed by atoms with Crippen LogP contribution in [0.4, 0.5) is 26.3 Å². The van der Waals surface area contributed by atoms with Gasteiger partial charge in [0.1, 0.15) is 6.04 Å². The molecule has 2 fully saturated rings. The maximum absolute atomic E-state index is 13.4. The summed E-state index contributed by atoms with van der Waals surface area (Å²) < 4.78 is 89.3. The quantitative estimate of drug-likeness (QED) is 0.532. The molecule has 2 heterocycles. The summed E-state index contributed by atoms with van der Waals surface area (Å²) in [6.45, 7) is 1.75. The molecule has 24 heavy (non-hydrogen) atoms. The maximum Gasteiger partial charge on any atom is 0.471 e. The van der Waals surface area contributed by atoms with Gasteiger partial charge in [0.25, 0.3) is 0 Å². The third kappa shape index (κ3) is 3.85. The average Bonchev–Trinajstić information content (AvgIpc) is 2.45. The van der Waals surface area contributed by atoms with Gasteiger partial charge in [-0.2, -0.15) is 26.3 Å². The van der Waals surface area contributed by atoms with Gasteiger partial charge in [-0.15, -0.1) is 0 Å². The lowest BCUT2D eigenvalue weighted by Crippen LogP contribution is -2.65. The lowest BCUT2D eigenvalue weighted by Gasteiger charge is -2.51. The van der Waals surface area contributed by atoms with Gasteiger partial charge in [0, 0.05) is 12.8 Å². The second-order valence-corrected chi connectivity index (χ2v) is 5.73. The number of piperidine rings is 1. The van der Waals surface area contributed by atoms with Crippen LogP contribution < -0.4 is 0 Å². The first-order valence-corrected chi connectivity index (χ1v) is 7.37. The van der Waals surface area contributed by atoms with Crippen LogP contribution in [0.15, 0.2) is 12.2 Å². The van der Waals surface area contributed by atoms with E-state index in [0.29, 0.717) is 6.42 Å². The van der Waals surface area contributed by atoms with Gasteiger partial charge in [0.15, 0.2) is 5.79 Å². The summed E-state index contributed by atoms with van der Waals surface area (Å²) in [5.74, 6) is -4.15. The van der Waals surface area contributed by atoms with E-state index in [1.54, 1.807) is 0 Å². The molecule has 0 N–H and O–H groups in total. The Morgan fingerprint density at radius 3 is 2.17 bits per heavy atom. The third-order valence-electron chi connectivity index (χ3n) is 4.01. The number of hydrogen-bond acceptors (Lipinski definition) is 3. The minimum atomic E-state index is -5.40. The zero-order valence-corrected chi connectivity index (χ0v) is 12.8. The summed E-state index contributed by atoms with van der Waals surface area (Å²) in [5.41, 5.74) is 0. The number of likely N-dealkylation sites (tertiary alicyclic amines) is 1. The van der Waals surface area contributed by atoms with E-state index in [0.717, 1.165) is 6.08 Å². The Hall–Kier alpha value is -1.29. The van der Waals surface area contributed by atoms with Crippen molar-refractivity contribution >= 4 is 5.91 Å². The summed E-state index contributed by atoms with van der Waals surface area (Å²) in [6.07, 6.45) is -8.70. The molecule has 1 spiro atoms. The predicted octanol–water partition coefficient (Wildman–Crippen LogP) is 3.18. The highest BCUT2D eigenvalue weighted by Crippen LogP contribution is 2.44. The van der Waals surface area contributed by atoms with Crippen LogP contribution in [0.2, 0.25) is 0 Å². The number of halogens is 6. The van der Waals surface area contributed by atoms with Gasteiger partial charge < -0.3 is 14.4 Å². The monoisotopic (exact) mass is 361 g/mol. The van der Waals surface area contributed by atoms with Crippen molar-refractivity contribution in [1.29, 1.82) is 0 Å². The van der Waals surface area contributed by atoms with Crippen LogP contribution in [0, 0.1) is 0 Å². The predicted molar refractivity (Wildman–Crippen MR) is 69.8 cm³/mol. The molecule has 0 aromatic carbocycles. The van der Waals surface area contributed by atoms with Gasteiger partial charge in [0.05, 0.1) is 19.3 Å². The Bertz CT molecular complexity index is 496. The highest BCUT2D eigenvalue weighted by atomic mass is 19.4. The second-order valence-electron chi connectivity index (χ2n) is 5.73. The van der Waals surface area contributed by atoms with Crippen molar-refractivity contribution in [3.63, 3.8) is 0 Å². The number of carbonyl (C=O) groups excluding carboxylic acids is 1. The number of allylic oxidation sites excluding steroid dienone is 1. The largest absolute Gasteiger partial charge is 0.471 e. The SMILES string of the molecule is C/C=C/[C@@H]1CC2(C[C@H](C(F)(F)F)N1C(=O)C(F)(F)F)OCCCO2. The standard InChI is InChI=1S/C14H17F6NO3/c1-2-4-9-7-12(23-5-3-6-24-12)8-10(13(15,16)17)21(9)11(22)14(18,19)20/h2,4,9-10H,3,5-8H2,1H3/b4-2+/t9-,10-/m1/s1. The first kappa shape index (κ1) is 19.0. The van der Waals surface area contributed by atoms with E-state index in [1.807, 2.05) is 0 Å². The van der Waals surface area contributed by atoms with Gasteiger partial charge in [-0.05, 0) is 13.3 Å². The van der Waals surface area contributed by atoms with E-state index in [4.69, 9.17) is 9.47 Å². The highest BCUT2D eigenvalue weighted by molar-refractivity contribution is 5.83. The molecular formula is C14H17F6NO3. The minimum absolute atomic E-state index is 0.146. The van der Waals surface area contributed by atoms with Crippen LogP contribution in [0.5, 0.6) is 0 Å². The fraction of sp³-hybridized carbons (Fsp3) is 0.786. The molecule has 2 aliphatic rings. The van der Waals surface area contributed by atoms with Crippen LogP contribution in [0.1, 0.15) is 26.2 Å². The molecule has 10 heteroatoms. The molecule has 0 unspecified atom stereocenters. The molecule has 2 atom stereocenters. The zero-order valence-electron chi connectivity index (χ0n) is 12.8. The Kier molecular flexibility index (Phi) is 5.19. The number of nitrogens with zero attached hydrogens (tertiary/aromatic N) is 1. The van der Waals surface area contributed by atoms with E-state index < -0.39 is 42.6 Å². The van der Waals surface area contributed by atoms with Crippen molar-refractivity contribution in [1.82, 2.24) is 4.90 Å². The summed E-state index contributed by atoms with van der Waals surface area (Å²) in [7, 11) is 0. The first-order chi connectivity index (χ1) is 11.0. The second kappa shape index (κ2) is 6.55. The number of alkyl halides is 6. The third-order valence-corrected chi connectivity index (χ3v) is 4.01. The minimum Gasteiger partial charge on any atom is -0.350 e. The normalized spacial score (nSPS) is 28.5. The zero-order chi connectivity index (χ0) is 18.2. The molecule has 138 valence electrons. The summed E-state index contributed by atoms with van der Waals surface area (Å²) >= 11 is 0. The van der Waals surface area contributed by atoms with E-state index in [2.05, 4.69) is 0 Å². The molecule has 0 aromatic rings. The van der Waals surface area contributed by atoms with Gasteiger partial charge in [-0.1, -0.05) is 12.2 Å². The smallest absolute Gasteiger partial charge is 0.350 e. The van der Waals surface area contributed by atoms with Gasteiger partial charge in [0.2, 0.25) is 0 Å². The van der Waals surface area contributed by atoms with E-state index >= 15 is 0 Å². The number of hydrogen-bond donors (Lipinski definition) is 0. The van der Waals surface area contributed by atoms with Crippen molar-refractivity contribution in [2.75, 3.05) is 13.2 Å². The molecule has 0 saturated carbocycles. The molecule has 0 radical (unpaired) electrons. The lowest BCUT2D eigenvalue weighted by molar-refractivity contribution is -0.317. The van der Waals surface area contributed by atoms with Crippen molar-refractivity contribution in [2.45, 2.75) is 56.4 Å². The van der Waals surface area contributed by atoms with E-state index in [-0.39, 0.29) is 24.5 Å². The number of rotatable bonds is 1. The van der Waals surface area contributed by atoms with Gasteiger partial charge in [-0.3, -0.25) is 4.79 Å². The molecule has 2 aliphatic heterocycles. The summed E-state index contributed by atoms with van der Waals surface area (Å²) in [6, 6.07) is -4.07. The molecule has 0 bridgehead atoms. The lowest BCUT2D eigenvalue weighted by atomic mass is 9.88. The summed E-state index contributed by atoms with van der Waals surface area (Å²) in [4.78, 5) is 11.5. The molecule has 0 aromatic heterocycles. The van der Waals surface area contributed by atoms with Crippen LogP contribution in [-0.2, 0) is 14.3 Å². The van der Waals surface area contributed by atoms with E-state index in [1.165, 1.54) is 13.0 Å². The molecule has 1 amide bonds. The maximum atomic E-state index is 13.4. The Balaban J connectivity index is 2.43.